The van der Waals surface area contributed by atoms with Gasteiger partial charge in [-0.25, -0.2) is 9.07 Å². The molecule has 0 atom stereocenters. The summed E-state index contributed by atoms with van der Waals surface area (Å²) in [7, 11) is 0. The van der Waals surface area contributed by atoms with E-state index in [1.165, 1.54) is 17.7 Å². The van der Waals surface area contributed by atoms with Crippen molar-refractivity contribution in [2.75, 3.05) is 5.73 Å². The Morgan fingerprint density at radius 3 is 2.67 bits per heavy atom. The van der Waals surface area contributed by atoms with Gasteiger partial charge in [0, 0.05) is 17.8 Å². The molecule has 0 spiro atoms. The molecule has 6 heteroatoms. The van der Waals surface area contributed by atoms with Gasteiger partial charge in [-0.15, -0.1) is 5.10 Å². The summed E-state index contributed by atoms with van der Waals surface area (Å²) in [5, 5.41) is 11.6. The molecule has 0 saturated heterocycles. The van der Waals surface area contributed by atoms with Gasteiger partial charge in [-0.3, -0.25) is 0 Å². The largest absolute Gasteiger partial charge is 0.399 e. The van der Waals surface area contributed by atoms with Crippen LogP contribution < -0.4 is 5.73 Å². The summed E-state index contributed by atoms with van der Waals surface area (Å²) in [5.74, 6) is 0.111. The second-order valence-electron chi connectivity index (χ2n) is 4.73. The van der Waals surface area contributed by atoms with Crippen molar-refractivity contribution in [3.05, 3.63) is 59.9 Å². The molecule has 0 aliphatic carbocycles. The number of nitrogens with zero attached hydrogens (tertiary/aromatic N) is 4. The molecule has 0 aliphatic rings. The van der Waals surface area contributed by atoms with Crippen molar-refractivity contribution in [1.82, 2.24) is 20.2 Å². The lowest BCUT2D eigenvalue weighted by atomic mass is 10.1. The first-order valence-electron chi connectivity index (χ1n) is 6.59. The van der Waals surface area contributed by atoms with Crippen molar-refractivity contribution < 1.29 is 4.39 Å². The molecule has 0 aliphatic heterocycles. The first kappa shape index (κ1) is 13.2. The fourth-order valence-corrected chi connectivity index (χ4v) is 2.18. The number of aromatic nitrogens is 4. The normalized spacial score (nSPS) is 10.7. The summed E-state index contributed by atoms with van der Waals surface area (Å²) < 4.78 is 15.1. The number of halogens is 1. The molecule has 0 bridgehead atoms. The fourth-order valence-electron chi connectivity index (χ4n) is 2.18. The van der Waals surface area contributed by atoms with E-state index in [4.69, 9.17) is 5.73 Å². The minimum absolute atomic E-state index is 0.350. The molecular formula is C15H14FN5. The van der Waals surface area contributed by atoms with E-state index in [0.717, 1.165) is 6.42 Å². The Morgan fingerprint density at radius 2 is 1.90 bits per heavy atom. The molecule has 106 valence electrons. The molecule has 0 saturated carbocycles. The van der Waals surface area contributed by atoms with E-state index in [9.17, 15) is 4.39 Å². The van der Waals surface area contributed by atoms with Crippen LogP contribution in [0.2, 0.25) is 0 Å². The van der Waals surface area contributed by atoms with E-state index in [-0.39, 0.29) is 0 Å². The van der Waals surface area contributed by atoms with Crippen LogP contribution in [0.3, 0.4) is 0 Å². The molecule has 5 nitrogen and oxygen atoms in total. The van der Waals surface area contributed by atoms with Gasteiger partial charge >= 0.3 is 0 Å². The third-order valence-corrected chi connectivity index (χ3v) is 3.17. The second-order valence-corrected chi connectivity index (χ2v) is 4.73. The van der Waals surface area contributed by atoms with Crippen LogP contribution >= 0.6 is 0 Å². The molecule has 0 amide bonds. The van der Waals surface area contributed by atoms with Gasteiger partial charge < -0.3 is 5.73 Å². The Morgan fingerprint density at radius 1 is 1.10 bits per heavy atom. The highest BCUT2D eigenvalue weighted by atomic mass is 19.1. The highest BCUT2D eigenvalue weighted by molar-refractivity contribution is 5.61. The maximum Gasteiger partial charge on any atom is 0.182 e. The van der Waals surface area contributed by atoms with E-state index in [1.807, 2.05) is 30.3 Å². The number of rotatable bonds is 4. The van der Waals surface area contributed by atoms with Crippen molar-refractivity contribution >= 4 is 5.69 Å². The van der Waals surface area contributed by atoms with Crippen LogP contribution in [-0.4, -0.2) is 20.2 Å². The van der Waals surface area contributed by atoms with Crippen molar-refractivity contribution in [3.63, 3.8) is 0 Å². The monoisotopic (exact) mass is 283 g/mol. The number of benzene rings is 2. The van der Waals surface area contributed by atoms with Gasteiger partial charge in [0.15, 0.2) is 5.82 Å². The number of hydrogen-bond donors (Lipinski definition) is 1. The van der Waals surface area contributed by atoms with E-state index < -0.39 is 5.82 Å². The quantitative estimate of drug-likeness (QED) is 0.746. The molecular weight excluding hydrogens is 269 g/mol. The smallest absolute Gasteiger partial charge is 0.182 e. The zero-order valence-electron chi connectivity index (χ0n) is 11.3. The summed E-state index contributed by atoms with van der Waals surface area (Å²) in [4.78, 5) is 0. The third-order valence-electron chi connectivity index (χ3n) is 3.17. The number of anilines is 1. The molecule has 0 radical (unpaired) electrons. The molecule has 3 aromatic rings. The second kappa shape index (κ2) is 5.70. The van der Waals surface area contributed by atoms with Gasteiger partial charge in [0.05, 0.1) is 0 Å². The number of hydrogen-bond acceptors (Lipinski definition) is 4. The van der Waals surface area contributed by atoms with Crippen LogP contribution in [0.4, 0.5) is 10.1 Å². The fraction of sp³-hybridized carbons (Fsp3) is 0.133. The lowest BCUT2D eigenvalue weighted by Gasteiger charge is -2.06. The zero-order chi connectivity index (χ0) is 14.7. The van der Waals surface area contributed by atoms with Gasteiger partial charge in [-0.2, -0.15) is 0 Å². The SMILES string of the molecule is Nc1cc(F)cc(-c2nnnn2CCc2ccccc2)c1. The Bertz CT molecular complexity index is 719. The maximum absolute atomic E-state index is 13.4. The molecule has 0 unspecified atom stereocenters. The Hall–Kier alpha value is -2.76. The number of nitrogens with two attached hydrogens (primary N) is 1. The Balaban J connectivity index is 1.84. The number of nitrogen functional groups attached to an aromatic ring is 1. The molecule has 3 rings (SSSR count). The summed E-state index contributed by atoms with van der Waals surface area (Å²) >= 11 is 0. The van der Waals surface area contributed by atoms with Gasteiger partial charge in [0.25, 0.3) is 0 Å². The predicted octanol–water partition coefficient (Wildman–Crippen LogP) is 2.30. The van der Waals surface area contributed by atoms with Gasteiger partial charge in [0.2, 0.25) is 0 Å². The summed E-state index contributed by atoms with van der Waals surface area (Å²) in [6, 6.07) is 14.3. The van der Waals surface area contributed by atoms with Gasteiger partial charge in [-0.1, -0.05) is 30.3 Å². The lowest BCUT2D eigenvalue weighted by molar-refractivity contribution is 0.593. The van der Waals surface area contributed by atoms with Crippen LogP contribution in [0, 0.1) is 5.82 Å². The van der Waals surface area contributed by atoms with Crippen LogP contribution in [0.25, 0.3) is 11.4 Å². The van der Waals surface area contributed by atoms with Gasteiger partial charge in [-0.05, 0) is 40.6 Å². The first-order chi connectivity index (χ1) is 10.2. The van der Waals surface area contributed by atoms with Crippen molar-refractivity contribution in [2.24, 2.45) is 0 Å². The average molecular weight is 283 g/mol. The molecule has 21 heavy (non-hydrogen) atoms. The van der Waals surface area contributed by atoms with E-state index in [2.05, 4.69) is 15.5 Å². The van der Waals surface area contributed by atoms with Crippen molar-refractivity contribution in [2.45, 2.75) is 13.0 Å². The van der Waals surface area contributed by atoms with E-state index in [0.29, 0.717) is 23.6 Å². The highest BCUT2D eigenvalue weighted by Gasteiger charge is 2.10. The maximum atomic E-state index is 13.4. The topological polar surface area (TPSA) is 69.6 Å². The van der Waals surface area contributed by atoms with Crippen molar-refractivity contribution in [3.8, 4) is 11.4 Å². The highest BCUT2D eigenvalue weighted by Crippen LogP contribution is 2.20. The van der Waals surface area contributed by atoms with Gasteiger partial charge in [0.1, 0.15) is 5.82 Å². The molecule has 2 aromatic carbocycles. The third kappa shape index (κ3) is 3.05. The lowest BCUT2D eigenvalue weighted by Crippen LogP contribution is -2.06. The van der Waals surface area contributed by atoms with Crippen molar-refractivity contribution in [1.29, 1.82) is 0 Å². The minimum atomic E-state index is -0.400. The van der Waals surface area contributed by atoms with E-state index in [1.54, 1.807) is 10.7 Å². The van der Waals surface area contributed by atoms with Crippen LogP contribution in [0.1, 0.15) is 5.56 Å². The molecule has 0 fully saturated rings. The predicted molar refractivity (Wildman–Crippen MR) is 77.8 cm³/mol. The number of tetrazole rings is 1. The first-order valence-corrected chi connectivity index (χ1v) is 6.59. The zero-order valence-corrected chi connectivity index (χ0v) is 11.3. The van der Waals surface area contributed by atoms with Crippen LogP contribution in [-0.2, 0) is 13.0 Å². The Kier molecular flexibility index (Phi) is 3.59. The molecule has 1 aromatic heterocycles. The van der Waals surface area contributed by atoms with Crippen LogP contribution in [0.5, 0.6) is 0 Å². The summed E-state index contributed by atoms with van der Waals surface area (Å²) in [5.41, 5.74) is 7.78. The molecule has 1 heterocycles. The Labute approximate surface area is 121 Å². The number of aryl methyl sites for hydroxylation is 2. The minimum Gasteiger partial charge on any atom is -0.399 e. The molecule has 2 N–H and O–H groups in total. The summed E-state index contributed by atoms with van der Waals surface area (Å²) in [6.07, 6.45) is 0.795. The van der Waals surface area contributed by atoms with Crippen LogP contribution in [0.15, 0.2) is 48.5 Å². The van der Waals surface area contributed by atoms with E-state index >= 15 is 0 Å². The standard InChI is InChI=1S/C15H14FN5/c16-13-8-12(9-14(17)10-13)15-18-19-20-21(15)7-6-11-4-2-1-3-5-11/h1-5,8-10H,6-7,17H2. The average Bonchev–Trinajstić information content (AvgIpc) is 2.93. The summed E-state index contributed by atoms with van der Waals surface area (Å²) in [6.45, 7) is 0.614.